The summed E-state index contributed by atoms with van der Waals surface area (Å²) in [7, 11) is 0. The summed E-state index contributed by atoms with van der Waals surface area (Å²) in [5.74, 6) is -0.333. The predicted octanol–water partition coefficient (Wildman–Crippen LogP) is 5.44. The molecule has 2 rings (SSSR count). The summed E-state index contributed by atoms with van der Waals surface area (Å²) in [6, 6.07) is 9.26. The van der Waals surface area contributed by atoms with Gasteiger partial charge in [0.05, 0.1) is 11.4 Å². The Kier molecular flexibility index (Phi) is 4.67. The van der Waals surface area contributed by atoms with Crippen molar-refractivity contribution in [2.24, 2.45) is 0 Å². The molecule has 0 amide bonds. The maximum atomic E-state index is 12.4. The second kappa shape index (κ2) is 6.15. The van der Waals surface area contributed by atoms with Crippen LogP contribution in [0.3, 0.4) is 0 Å². The second-order valence-electron chi connectivity index (χ2n) is 4.05. The summed E-state index contributed by atoms with van der Waals surface area (Å²) in [5, 5.41) is 2.87. The molecular weight excluding hydrogens is 417 g/mol. The molecule has 0 aliphatic carbocycles. The Balaban J connectivity index is 2.35. The molecule has 21 heavy (non-hydrogen) atoms. The van der Waals surface area contributed by atoms with Gasteiger partial charge in [-0.25, -0.2) is 0 Å². The first kappa shape index (κ1) is 16.0. The largest absolute Gasteiger partial charge is 0.573 e. The number of nitrogens with two attached hydrogens (primary N) is 1. The molecule has 0 fully saturated rings. The van der Waals surface area contributed by atoms with Gasteiger partial charge in [-0.15, -0.1) is 13.2 Å². The Labute approximate surface area is 135 Å². The van der Waals surface area contributed by atoms with Crippen LogP contribution in [0.5, 0.6) is 5.75 Å². The third-order valence-corrected chi connectivity index (χ3v) is 3.58. The molecule has 0 aromatic heterocycles. The third kappa shape index (κ3) is 4.53. The standard InChI is InChI=1S/C13H9Br2F3N2O/c14-7-1-3-11(12(5-7)21-13(16,17)18)20-10-4-2-8(19)6-9(10)15/h1-6,20H,19H2. The van der Waals surface area contributed by atoms with E-state index in [4.69, 9.17) is 5.73 Å². The number of benzene rings is 2. The summed E-state index contributed by atoms with van der Waals surface area (Å²) >= 11 is 6.40. The fourth-order valence-electron chi connectivity index (χ4n) is 1.59. The second-order valence-corrected chi connectivity index (χ2v) is 5.82. The Bertz CT molecular complexity index is 662. The first-order chi connectivity index (χ1) is 9.74. The van der Waals surface area contributed by atoms with Crippen LogP contribution in [-0.4, -0.2) is 6.36 Å². The molecule has 0 aliphatic rings. The Hall–Kier alpha value is -1.41. The zero-order valence-corrected chi connectivity index (χ0v) is 13.5. The minimum absolute atomic E-state index is 0.181. The van der Waals surface area contributed by atoms with Crippen LogP contribution in [0, 0.1) is 0 Å². The Morgan fingerprint density at radius 1 is 1.00 bits per heavy atom. The highest BCUT2D eigenvalue weighted by molar-refractivity contribution is 9.10. The maximum absolute atomic E-state index is 12.4. The minimum Gasteiger partial charge on any atom is -0.404 e. The molecule has 8 heteroatoms. The number of nitrogen functional groups attached to an aromatic ring is 1. The van der Waals surface area contributed by atoms with E-state index in [0.29, 0.717) is 20.3 Å². The number of hydrogen-bond acceptors (Lipinski definition) is 3. The van der Waals surface area contributed by atoms with Crippen LogP contribution in [0.15, 0.2) is 45.3 Å². The average Bonchev–Trinajstić information content (AvgIpc) is 2.33. The van der Waals surface area contributed by atoms with Gasteiger partial charge in [0.1, 0.15) is 0 Å². The number of halogens is 5. The van der Waals surface area contributed by atoms with Gasteiger partial charge < -0.3 is 15.8 Å². The van der Waals surface area contributed by atoms with Crippen molar-refractivity contribution in [1.29, 1.82) is 0 Å². The van der Waals surface area contributed by atoms with E-state index in [0.717, 1.165) is 0 Å². The summed E-state index contributed by atoms with van der Waals surface area (Å²) in [6.07, 6.45) is -4.77. The van der Waals surface area contributed by atoms with Crippen molar-refractivity contribution in [3.63, 3.8) is 0 Å². The van der Waals surface area contributed by atoms with Crippen molar-refractivity contribution in [3.05, 3.63) is 45.3 Å². The summed E-state index contributed by atoms with van der Waals surface area (Å²) < 4.78 is 42.4. The summed E-state index contributed by atoms with van der Waals surface area (Å²) in [4.78, 5) is 0. The molecule has 0 spiro atoms. The summed E-state index contributed by atoms with van der Waals surface area (Å²) in [5.41, 5.74) is 6.90. The highest BCUT2D eigenvalue weighted by Gasteiger charge is 2.32. The van der Waals surface area contributed by atoms with Crippen molar-refractivity contribution >= 4 is 48.9 Å². The first-order valence-electron chi connectivity index (χ1n) is 5.62. The molecule has 2 aromatic rings. The molecule has 0 unspecified atom stereocenters. The molecule has 2 aromatic carbocycles. The summed E-state index contributed by atoms with van der Waals surface area (Å²) in [6.45, 7) is 0. The fourth-order valence-corrected chi connectivity index (χ4v) is 2.42. The van der Waals surface area contributed by atoms with Crippen molar-refractivity contribution in [2.45, 2.75) is 6.36 Å². The van der Waals surface area contributed by atoms with E-state index in [1.807, 2.05) is 0 Å². The number of alkyl halides is 3. The molecule has 112 valence electrons. The van der Waals surface area contributed by atoms with Crippen molar-refractivity contribution in [1.82, 2.24) is 0 Å². The van der Waals surface area contributed by atoms with E-state index in [2.05, 4.69) is 41.9 Å². The van der Waals surface area contributed by atoms with Crippen LogP contribution in [0.1, 0.15) is 0 Å². The first-order valence-corrected chi connectivity index (χ1v) is 7.20. The highest BCUT2D eigenvalue weighted by Crippen LogP contribution is 2.36. The lowest BCUT2D eigenvalue weighted by Gasteiger charge is -2.16. The van der Waals surface area contributed by atoms with Crippen LogP contribution in [0.2, 0.25) is 0 Å². The van der Waals surface area contributed by atoms with Crippen LogP contribution in [-0.2, 0) is 0 Å². The molecular formula is C13H9Br2F3N2O. The molecule has 0 aliphatic heterocycles. The third-order valence-electron chi connectivity index (χ3n) is 2.43. The highest BCUT2D eigenvalue weighted by atomic mass is 79.9. The van der Waals surface area contributed by atoms with E-state index >= 15 is 0 Å². The van der Waals surface area contributed by atoms with Gasteiger partial charge in [-0.2, -0.15) is 0 Å². The van der Waals surface area contributed by atoms with Gasteiger partial charge in [0.15, 0.2) is 5.75 Å². The Morgan fingerprint density at radius 3 is 2.29 bits per heavy atom. The quantitative estimate of drug-likeness (QED) is 0.644. The van der Waals surface area contributed by atoms with Gasteiger partial charge >= 0.3 is 6.36 Å². The van der Waals surface area contributed by atoms with Gasteiger partial charge in [0.2, 0.25) is 0 Å². The molecule has 0 bridgehead atoms. The van der Waals surface area contributed by atoms with Gasteiger partial charge in [0.25, 0.3) is 0 Å². The molecule has 3 N–H and O–H groups in total. The SMILES string of the molecule is Nc1ccc(Nc2ccc(Br)cc2OC(F)(F)F)c(Br)c1. The predicted molar refractivity (Wildman–Crippen MR) is 82.7 cm³/mol. The van der Waals surface area contributed by atoms with Gasteiger partial charge in [0, 0.05) is 14.6 Å². The van der Waals surface area contributed by atoms with Crippen LogP contribution in [0.4, 0.5) is 30.2 Å². The monoisotopic (exact) mass is 424 g/mol. The average molecular weight is 426 g/mol. The zero-order chi connectivity index (χ0) is 15.6. The van der Waals surface area contributed by atoms with Crippen LogP contribution < -0.4 is 15.8 Å². The van der Waals surface area contributed by atoms with Gasteiger partial charge in [-0.1, -0.05) is 15.9 Å². The molecule has 0 saturated carbocycles. The number of hydrogen-bond donors (Lipinski definition) is 2. The number of ether oxygens (including phenoxy) is 1. The van der Waals surface area contributed by atoms with Crippen molar-refractivity contribution < 1.29 is 17.9 Å². The number of anilines is 3. The van der Waals surface area contributed by atoms with Gasteiger partial charge in [-0.3, -0.25) is 0 Å². The minimum atomic E-state index is -4.77. The van der Waals surface area contributed by atoms with E-state index in [1.165, 1.54) is 12.1 Å². The molecule has 0 heterocycles. The fraction of sp³-hybridized carbons (Fsp3) is 0.0769. The van der Waals surface area contributed by atoms with E-state index in [1.54, 1.807) is 24.3 Å². The molecule has 0 saturated heterocycles. The van der Waals surface area contributed by atoms with Crippen molar-refractivity contribution in [3.8, 4) is 5.75 Å². The number of nitrogens with one attached hydrogen (secondary N) is 1. The van der Waals surface area contributed by atoms with Crippen molar-refractivity contribution in [2.75, 3.05) is 11.1 Å². The normalized spacial score (nSPS) is 11.3. The lowest BCUT2D eigenvalue weighted by atomic mass is 10.2. The molecule has 3 nitrogen and oxygen atoms in total. The van der Waals surface area contributed by atoms with Gasteiger partial charge in [-0.05, 0) is 52.3 Å². The van der Waals surface area contributed by atoms with E-state index < -0.39 is 6.36 Å². The van der Waals surface area contributed by atoms with E-state index in [9.17, 15) is 13.2 Å². The number of rotatable bonds is 3. The zero-order valence-electron chi connectivity index (χ0n) is 10.3. The lowest BCUT2D eigenvalue weighted by molar-refractivity contribution is -0.274. The van der Waals surface area contributed by atoms with Crippen LogP contribution in [0.25, 0.3) is 0 Å². The van der Waals surface area contributed by atoms with Crippen LogP contribution >= 0.6 is 31.9 Å². The topological polar surface area (TPSA) is 47.3 Å². The Morgan fingerprint density at radius 2 is 1.67 bits per heavy atom. The smallest absolute Gasteiger partial charge is 0.404 e. The molecule has 0 atom stereocenters. The van der Waals surface area contributed by atoms with E-state index in [-0.39, 0.29) is 11.4 Å². The lowest BCUT2D eigenvalue weighted by Crippen LogP contribution is -2.18. The maximum Gasteiger partial charge on any atom is 0.573 e. The molecule has 0 radical (unpaired) electrons.